The topological polar surface area (TPSA) is 50.7 Å². The molecule has 3 aromatic rings. The molecule has 1 amide bonds. The molecule has 142 valence electrons. The number of nitrogens with one attached hydrogen (secondary N) is 1. The number of hydrogen-bond acceptors (Lipinski definition) is 4. The summed E-state index contributed by atoms with van der Waals surface area (Å²) in [5, 5.41) is 3.87. The van der Waals surface area contributed by atoms with Crippen LogP contribution in [0, 0.1) is 0 Å². The highest BCUT2D eigenvalue weighted by Gasteiger charge is 2.12. The van der Waals surface area contributed by atoms with Crippen LogP contribution in [0.5, 0.6) is 11.5 Å². The van der Waals surface area contributed by atoms with E-state index in [1.807, 2.05) is 79.7 Å². The highest BCUT2D eigenvalue weighted by Crippen LogP contribution is 2.21. The summed E-state index contributed by atoms with van der Waals surface area (Å²) in [6, 6.07) is 27.2. The summed E-state index contributed by atoms with van der Waals surface area (Å²) < 4.78 is 5.75. The van der Waals surface area contributed by atoms with Gasteiger partial charge in [-0.1, -0.05) is 48.5 Å². The van der Waals surface area contributed by atoms with Gasteiger partial charge in [-0.05, 0) is 54.4 Å². The molecule has 3 aromatic carbocycles. The third kappa shape index (κ3) is 6.28. The van der Waals surface area contributed by atoms with Crippen molar-refractivity contribution in [1.82, 2.24) is 5.43 Å². The van der Waals surface area contributed by atoms with Crippen molar-refractivity contribution >= 4 is 23.9 Å². The van der Waals surface area contributed by atoms with Gasteiger partial charge < -0.3 is 4.74 Å². The van der Waals surface area contributed by atoms with Crippen molar-refractivity contribution in [3.63, 3.8) is 0 Å². The van der Waals surface area contributed by atoms with E-state index in [-0.39, 0.29) is 11.2 Å². The first-order valence-corrected chi connectivity index (χ1v) is 10.1. The lowest BCUT2D eigenvalue weighted by Gasteiger charge is -2.09. The van der Waals surface area contributed by atoms with Crippen molar-refractivity contribution in [3.05, 3.63) is 96.1 Å². The van der Waals surface area contributed by atoms with Gasteiger partial charge in [0.15, 0.2) is 0 Å². The van der Waals surface area contributed by atoms with E-state index >= 15 is 0 Å². The molecule has 0 heterocycles. The molecule has 0 aliphatic heterocycles. The number of amides is 1. The fourth-order valence-corrected chi connectivity index (χ4v) is 3.22. The fourth-order valence-electron chi connectivity index (χ4n) is 2.38. The van der Waals surface area contributed by atoms with Crippen LogP contribution in [0.4, 0.5) is 0 Å². The van der Waals surface area contributed by atoms with Gasteiger partial charge in [-0.25, -0.2) is 5.43 Å². The summed E-state index contributed by atoms with van der Waals surface area (Å²) in [4.78, 5) is 12.1. The minimum atomic E-state index is -0.181. The largest absolute Gasteiger partial charge is 0.457 e. The van der Waals surface area contributed by atoms with Crippen LogP contribution >= 0.6 is 11.8 Å². The summed E-state index contributed by atoms with van der Waals surface area (Å²) in [7, 11) is 0. The standard InChI is InChI=1S/C23H22N2O2S/c1-18(28-17-20-8-4-2-5-9-20)23(26)25-24-16-19-12-14-22(15-13-19)27-21-10-6-3-7-11-21/h2-16,18H,17H2,1H3,(H,25,26)/b24-16-/t18-/m1/s1. The highest BCUT2D eigenvalue weighted by atomic mass is 32.2. The molecule has 0 saturated heterocycles. The van der Waals surface area contributed by atoms with E-state index in [9.17, 15) is 4.79 Å². The predicted octanol–water partition coefficient (Wildman–Crippen LogP) is 5.25. The van der Waals surface area contributed by atoms with Crippen LogP contribution in [0.2, 0.25) is 0 Å². The molecule has 28 heavy (non-hydrogen) atoms. The molecule has 0 fully saturated rings. The molecule has 0 spiro atoms. The summed E-state index contributed by atoms with van der Waals surface area (Å²) in [5.74, 6) is 2.22. The molecule has 0 unspecified atom stereocenters. The lowest BCUT2D eigenvalue weighted by atomic mass is 10.2. The average Bonchev–Trinajstić information content (AvgIpc) is 2.74. The first kappa shape index (κ1) is 19.7. The average molecular weight is 391 g/mol. The number of hydrogen-bond donors (Lipinski definition) is 1. The van der Waals surface area contributed by atoms with E-state index in [0.717, 1.165) is 22.8 Å². The van der Waals surface area contributed by atoms with Gasteiger partial charge in [0.05, 0.1) is 11.5 Å². The molecule has 5 heteroatoms. The number of carbonyl (C=O) groups excluding carboxylic acids is 1. The van der Waals surface area contributed by atoms with E-state index < -0.39 is 0 Å². The van der Waals surface area contributed by atoms with Crippen molar-refractivity contribution in [3.8, 4) is 11.5 Å². The van der Waals surface area contributed by atoms with E-state index in [4.69, 9.17) is 4.74 Å². The molecular formula is C23H22N2O2S. The number of nitrogens with zero attached hydrogens (tertiary/aromatic N) is 1. The first-order chi connectivity index (χ1) is 13.7. The number of ether oxygens (including phenoxy) is 1. The smallest absolute Gasteiger partial charge is 0.252 e. The maximum atomic E-state index is 12.1. The number of hydrazone groups is 1. The first-order valence-electron chi connectivity index (χ1n) is 9.02. The van der Waals surface area contributed by atoms with Gasteiger partial charge in [-0.3, -0.25) is 4.79 Å². The van der Waals surface area contributed by atoms with Crippen LogP contribution in [0.25, 0.3) is 0 Å². The lowest BCUT2D eigenvalue weighted by molar-refractivity contribution is -0.120. The minimum absolute atomic E-state index is 0.110. The Morgan fingerprint density at radius 2 is 1.57 bits per heavy atom. The van der Waals surface area contributed by atoms with Gasteiger partial charge in [0.25, 0.3) is 5.91 Å². The molecule has 0 aliphatic rings. The summed E-state index contributed by atoms with van der Waals surface area (Å²) in [6.07, 6.45) is 1.62. The van der Waals surface area contributed by atoms with Crippen LogP contribution < -0.4 is 10.2 Å². The normalized spacial score (nSPS) is 11.9. The number of benzene rings is 3. The Hall–Kier alpha value is -3.05. The van der Waals surface area contributed by atoms with Crippen molar-refractivity contribution in [2.24, 2.45) is 5.10 Å². The third-order valence-corrected chi connectivity index (χ3v) is 5.17. The molecule has 0 bridgehead atoms. The molecule has 3 rings (SSSR count). The highest BCUT2D eigenvalue weighted by molar-refractivity contribution is 7.99. The van der Waals surface area contributed by atoms with Crippen molar-refractivity contribution in [1.29, 1.82) is 0 Å². The Bertz CT molecular complexity index is 897. The monoisotopic (exact) mass is 390 g/mol. The van der Waals surface area contributed by atoms with Crippen molar-refractivity contribution in [2.75, 3.05) is 0 Å². The molecule has 1 atom stereocenters. The Morgan fingerprint density at radius 3 is 2.25 bits per heavy atom. The van der Waals surface area contributed by atoms with E-state index in [0.29, 0.717) is 0 Å². The van der Waals surface area contributed by atoms with E-state index in [1.54, 1.807) is 18.0 Å². The van der Waals surface area contributed by atoms with Crippen LogP contribution in [0.1, 0.15) is 18.1 Å². The zero-order valence-corrected chi connectivity index (χ0v) is 16.4. The maximum absolute atomic E-state index is 12.1. The number of thioether (sulfide) groups is 1. The van der Waals surface area contributed by atoms with Crippen LogP contribution in [0.15, 0.2) is 90.0 Å². The quantitative estimate of drug-likeness (QED) is 0.422. The van der Waals surface area contributed by atoms with Gasteiger partial charge in [0.2, 0.25) is 0 Å². The summed E-state index contributed by atoms with van der Waals surface area (Å²) >= 11 is 1.58. The Labute approximate surface area is 169 Å². The summed E-state index contributed by atoms with van der Waals surface area (Å²) in [6.45, 7) is 1.88. The number of rotatable bonds is 8. The zero-order chi connectivity index (χ0) is 19.6. The van der Waals surface area contributed by atoms with Crippen LogP contribution in [0.3, 0.4) is 0 Å². The molecule has 0 aliphatic carbocycles. The molecule has 0 saturated carbocycles. The maximum Gasteiger partial charge on any atom is 0.252 e. The van der Waals surface area contributed by atoms with Gasteiger partial charge in [0.1, 0.15) is 11.5 Å². The van der Waals surface area contributed by atoms with Gasteiger partial charge in [-0.2, -0.15) is 5.10 Å². The van der Waals surface area contributed by atoms with Crippen LogP contribution in [-0.2, 0) is 10.5 Å². The fraction of sp³-hybridized carbons (Fsp3) is 0.130. The number of para-hydroxylation sites is 1. The zero-order valence-electron chi connectivity index (χ0n) is 15.6. The van der Waals surface area contributed by atoms with Crippen molar-refractivity contribution in [2.45, 2.75) is 17.9 Å². The van der Waals surface area contributed by atoms with Gasteiger partial charge in [-0.15, -0.1) is 11.8 Å². The Balaban J connectivity index is 1.45. The molecule has 0 aromatic heterocycles. The lowest BCUT2D eigenvalue weighted by Crippen LogP contribution is -2.26. The molecular weight excluding hydrogens is 368 g/mol. The van der Waals surface area contributed by atoms with Crippen LogP contribution in [-0.4, -0.2) is 17.4 Å². The van der Waals surface area contributed by atoms with E-state index in [1.165, 1.54) is 5.56 Å². The van der Waals surface area contributed by atoms with Crippen molar-refractivity contribution < 1.29 is 9.53 Å². The molecule has 1 N–H and O–H groups in total. The van der Waals surface area contributed by atoms with Gasteiger partial charge in [0, 0.05) is 5.75 Å². The third-order valence-electron chi connectivity index (χ3n) is 3.96. The Morgan fingerprint density at radius 1 is 0.964 bits per heavy atom. The summed E-state index contributed by atoms with van der Waals surface area (Å²) in [5.41, 5.74) is 4.68. The molecule has 4 nitrogen and oxygen atoms in total. The SMILES string of the molecule is C[C@@H](SCc1ccccc1)C(=O)N/N=C\c1ccc(Oc2ccccc2)cc1. The second-order valence-corrected chi connectivity index (χ2v) is 7.49. The minimum Gasteiger partial charge on any atom is -0.457 e. The van der Waals surface area contributed by atoms with E-state index in [2.05, 4.69) is 22.7 Å². The molecule has 0 radical (unpaired) electrons. The van der Waals surface area contributed by atoms with Gasteiger partial charge >= 0.3 is 0 Å². The Kier molecular flexibility index (Phi) is 7.27. The second kappa shape index (κ2) is 10.3. The predicted molar refractivity (Wildman–Crippen MR) is 116 cm³/mol. The second-order valence-electron chi connectivity index (χ2n) is 6.16. The number of carbonyl (C=O) groups is 1.